The molecule has 1 unspecified atom stereocenters. The van der Waals surface area contributed by atoms with E-state index in [1.807, 2.05) is 0 Å². The van der Waals surface area contributed by atoms with Crippen molar-refractivity contribution in [3.63, 3.8) is 0 Å². The van der Waals surface area contributed by atoms with Gasteiger partial charge in [-0.3, -0.25) is 9.59 Å². The molecule has 2 N–H and O–H groups in total. The number of hydrogen-bond donors (Lipinski definition) is 2. The molecule has 7 nitrogen and oxygen atoms in total. The Morgan fingerprint density at radius 2 is 2.20 bits per heavy atom. The van der Waals surface area contributed by atoms with Crippen molar-refractivity contribution < 1.29 is 32.6 Å². The van der Waals surface area contributed by atoms with Crippen molar-refractivity contribution in [1.29, 1.82) is 0 Å². The minimum absolute atomic E-state index is 0.0538. The number of halogens is 3. The summed E-state index contributed by atoms with van der Waals surface area (Å²) in [5.41, 5.74) is -0.814. The van der Waals surface area contributed by atoms with E-state index in [1.165, 1.54) is 7.11 Å². The lowest BCUT2D eigenvalue weighted by molar-refractivity contribution is -0.138. The van der Waals surface area contributed by atoms with E-state index in [4.69, 9.17) is 9.84 Å². The van der Waals surface area contributed by atoms with Gasteiger partial charge in [-0.05, 0) is 18.2 Å². The van der Waals surface area contributed by atoms with Crippen LogP contribution in [0.1, 0.15) is 17.5 Å². The average Bonchev–Trinajstić information content (AvgIpc) is 2.85. The lowest BCUT2D eigenvalue weighted by atomic mass is 10.1. The molecular formula is C14H12F3N3O4S. The average molecular weight is 375 g/mol. The molecule has 0 saturated carbocycles. The Hall–Kier alpha value is -2.56. The normalized spacial score (nSPS) is 19.4. The fourth-order valence-corrected chi connectivity index (χ4v) is 2.82. The number of carbonyl (C=O) groups excluding carboxylic acids is 1. The first kappa shape index (κ1) is 18.8. The number of carbonyl (C=O) groups is 2. The summed E-state index contributed by atoms with van der Waals surface area (Å²) in [6.45, 7) is 0. The highest BCUT2D eigenvalue weighted by Gasteiger charge is 2.32. The SMILES string of the molecule is COc1ccc(C(F)(F)F)cc1C=NN=C1NC(=O)C(CC(=O)O)S1. The topological polar surface area (TPSA) is 100 Å². The zero-order valence-electron chi connectivity index (χ0n) is 12.7. The first-order valence-corrected chi connectivity index (χ1v) is 7.64. The van der Waals surface area contributed by atoms with Gasteiger partial charge in [0.2, 0.25) is 5.91 Å². The number of nitrogens with zero attached hydrogens (tertiary/aromatic N) is 2. The molecule has 11 heteroatoms. The minimum Gasteiger partial charge on any atom is -0.496 e. The third kappa shape index (κ3) is 4.95. The van der Waals surface area contributed by atoms with Gasteiger partial charge >= 0.3 is 12.1 Å². The summed E-state index contributed by atoms with van der Waals surface area (Å²) in [6.07, 6.45) is -3.83. The second-order valence-corrected chi connectivity index (χ2v) is 5.99. The van der Waals surface area contributed by atoms with E-state index in [0.717, 1.165) is 36.2 Å². The minimum atomic E-state index is -4.51. The van der Waals surface area contributed by atoms with Gasteiger partial charge in [-0.1, -0.05) is 11.8 Å². The first-order valence-electron chi connectivity index (χ1n) is 6.76. The molecule has 1 fully saturated rings. The molecule has 1 amide bonds. The second kappa shape index (κ2) is 7.55. The van der Waals surface area contributed by atoms with Gasteiger partial charge in [0, 0.05) is 5.56 Å². The molecular weight excluding hydrogens is 363 g/mol. The summed E-state index contributed by atoms with van der Waals surface area (Å²) in [4.78, 5) is 22.2. The molecule has 0 bridgehead atoms. The number of carboxylic acid groups (broad SMARTS) is 1. The highest BCUT2D eigenvalue weighted by Crippen LogP contribution is 2.32. The quantitative estimate of drug-likeness (QED) is 0.606. The molecule has 0 aromatic heterocycles. The van der Waals surface area contributed by atoms with Crippen molar-refractivity contribution in [3.05, 3.63) is 29.3 Å². The summed E-state index contributed by atoms with van der Waals surface area (Å²) in [5, 5.41) is 17.6. The molecule has 1 saturated heterocycles. The number of carboxylic acids is 1. The van der Waals surface area contributed by atoms with Crippen LogP contribution in [-0.4, -0.2) is 40.7 Å². The van der Waals surface area contributed by atoms with E-state index >= 15 is 0 Å². The number of amidine groups is 1. The lowest BCUT2D eigenvalue weighted by Crippen LogP contribution is -2.26. The number of amides is 1. The number of thioether (sulfide) groups is 1. The molecule has 1 aliphatic rings. The zero-order chi connectivity index (χ0) is 18.6. The molecule has 1 heterocycles. The lowest BCUT2D eigenvalue weighted by Gasteiger charge is -2.09. The Morgan fingerprint density at radius 3 is 2.80 bits per heavy atom. The number of nitrogens with one attached hydrogen (secondary N) is 1. The maximum Gasteiger partial charge on any atom is 0.416 e. The van der Waals surface area contributed by atoms with Crippen molar-refractivity contribution in [2.24, 2.45) is 10.2 Å². The number of rotatable bonds is 5. The van der Waals surface area contributed by atoms with Gasteiger partial charge < -0.3 is 15.2 Å². The number of benzene rings is 1. The highest BCUT2D eigenvalue weighted by atomic mass is 32.2. The molecule has 0 radical (unpaired) electrons. The largest absolute Gasteiger partial charge is 0.496 e. The molecule has 2 rings (SSSR count). The standard InChI is InChI=1S/C14H12F3N3O4S/c1-24-9-3-2-8(14(15,16)17)4-7(9)6-18-20-13-19-12(23)10(25-13)5-11(21)22/h2-4,6,10H,5H2,1H3,(H,21,22)(H,19,20,23). The Balaban J connectivity index is 2.16. The van der Waals surface area contributed by atoms with Crippen LogP contribution in [-0.2, 0) is 15.8 Å². The molecule has 1 aliphatic heterocycles. The Bertz CT molecular complexity index is 749. The first-order chi connectivity index (χ1) is 11.7. The molecule has 1 aromatic rings. The van der Waals surface area contributed by atoms with Crippen LogP contribution in [0.4, 0.5) is 13.2 Å². The van der Waals surface area contributed by atoms with Crippen molar-refractivity contribution in [2.75, 3.05) is 7.11 Å². The van der Waals surface area contributed by atoms with Gasteiger partial charge in [-0.15, -0.1) is 5.10 Å². The van der Waals surface area contributed by atoms with E-state index in [0.29, 0.717) is 0 Å². The second-order valence-electron chi connectivity index (χ2n) is 4.80. The van der Waals surface area contributed by atoms with Gasteiger partial charge in [-0.25, -0.2) is 0 Å². The summed E-state index contributed by atoms with van der Waals surface area (Å²) in [5.74, 6) is -1.48. The van der Waals surface area contributed by atoms with Crippen LogP contribution in [0.25, 0.3) is 0 Å². The van der Waals surface area contributed by atoms with Crippen LogP contribution in [0.3, 0.4) is 0 Å². The molecule has 25 heavy (non-hydrogen) atoms. The van der Waals surface area contributed by atoms with Gasteiger partial charge in [-0.2, -0.15) is 18.3 Å². The van der Waals surface area contributed by atoms with Crippen molar-refractivity contribution in [1.82, 2.24) is 5.32 Å². The number of alkyl halides is 3. The van der Waals surface area contributed by atoms with Crippen LogP contribution in [0.15, 0.2) is 28.4 Å². The van der Waals surface area contributed by atoms with E-state index < -0.39 is 28.9 Å². The maximum atomic E-state index is 12.8. The Morgan fingerprint density at radius 1 is 1.48 bits per heavy atom. The predicted molar refractivity (Wildman–Crippen MR) is 84.8 cm³/mol. The van der Waals surface area contributed by atoms with E-state index in [2.05, 4.69) is 15.5 Å². The number of ether oxygens (including phenoxy) is 1. The third-order valence-corrected chi connectivity index (χ3v) is 4.11. The van der Waals surface area contributed by atoms with Crippen molar-refractivity contribution in [3.8, 4) is 5.75 Å². The Kier molecular flexibility index (Phi) is 5.67. The van der Waals surface area contributed by atoms with Crippen molar-refractivity contribution >= 4 is 35.0 Å². The van der Waals surface area contributed by atoms with Crippen LogP contribution < -0.4 is 10.1 Å². The highest BCUT2D eigenvalue weighted by molar-refractivity contribution is 8.15. The summed E-state index contributed by atoms with van der Waals surface area (Å²) >= 11 is 0.883. The monoisotopic (exact) mass is 375 g/mol. The molecule has 134 valence electrons. The van der Waals surface area contributed by atoms with Gasteiger partial charge in [0.15, 0.2) is 5.17 Å². The number of aliphatic carboxylic acids is 1. The molecule has 1 aromatic carbocycles. The van der Waals surface area contributed by atoms with E-state index in [-0.39, 0.29) is 22.9 Å². The summed E-state index contributed by atoms with van der Waals surface area (Å²) < 4.78 is 43.2. The van der Waals surface area contributed by atoms with Crippen molar-refractivity contribution in [2.45, 2.75) is 17.8 Å². The van der Waals surface area contributed by atoms with Crippen LogP contribution >= 0.6 is 11.8 Å². The third-order valence-electron chi connectivity index (χ3n) is 3.04. The smallest absolute Gasteiger partial charge is 0.416 e. The fraction of sp³-hybridized carbons (Fsp3) is 0.286. The van der Waals surface area contributed by atoms with Gasteiger partial charge in [0.05, 0.1) is 25.3 Å². The fourth-order valence-electron chi connectivity index (χ4n) is 1.90. The zero-order valence-corrected chi connectivity index (χ0v) is 13.5. The molecule has 0 aliphatic carbocycles. The van der Waals surface area contributed by atoms with Gasteiger partial charge in [0.25, 0.3) is 0 Å². The van der Waals surface area contributed by atoms with Crippen LogP contribution in [0.2, 0.25) is 0 Å². The van der Waals surface area contributed by atoms with Crippen LogP contribution in [0, 0.1) is 0 Å². The van der Waals surface area contributed by atoms with Gasteiger partial charge in [0.1, 0.15) is 11.0 Å². The maximum absolute atomic E-state index is 12.8. The van der Waals surface area contributed by atoms with E-state index in [1.54, 1.807) is 0 Å². The Labute approximate surface area is 144 Å². The summed E-state index contributed by atoms with van der Waals surface area (Å²) in [7, 11) is 1.30. The number of methoxy groups -OCH3 is 1. The molecule has 0 spiro atoms. The number of hydrogen-bond acceptors (Lipinski definition) is 6. The predicted octanol–water partition coefficient (Wildman–Crippen LogP) is 2.11. The van der Waals surface area contributed by atoms with Crippen LogP contribution in [0.5, 0.6) is 5.75 Å². The van der Waals surface area contributed by atoms with E-state index in [9.17, 15) is 22.8 Å². The molecule has 1 atom stereocenters. The summed E-state index contributed by atoms with van der Waals surface area (Å²) in [6, 6.07) is 2.90.